The molecule has 1 saturated carbocycles. The molecule has 0 aromatic heterocycles. The van der Waals surface area contributed by atoms with Gasteiger partial charge in [-0.05, 0) is 25.2 Å². The fourth-order valence-corrected chi connectivity index (χ4v) is 4.89. The van der Waals surface area contributed by atoms with Gasteiger partial charge in [0.15, 0.2) is 0 Å². The molecule has 1 amide bonds. The van der Waals surface area contributed by atoms with Crippen molar-refractivity contribution in [2.24, 2.45) is 11.8 Å². The molecule has 4 fully saturated rings. The van der Waals surface area contributed by atoms with Crippen LogP contribution in [0.4, 0.5) is 0 Å². The van der Waals surface area contributed by atoms with E-state index in [0.717, 1.165) is 45.0 Å². The highest BCUT2D eigenvalue weighted by molar-refractivity contribution is 5.78. The Morgan fingerprint density at radius 3 is 2.76 bits per heavy atom. The SMILES string of the molecule is CC(C)[C@@H]1COC23CCN(C4CCC4)CC2CCC(=O)N13. The lowest BCUT2D eigenvalue weighted by Crippen LogP contribution is -2.66. The fourth-order valence-electron chi connectivity index (χ4n) is 4.89. The van der Waals surface area contributed by atoms with Crippen molar-refractivity contribution in [3.05, 3.63) is 0 Å². The van der Waals surface area contributed by atoms with Crippen molar-refractivity contribution in [2.75, 3.05) is 19.7 Å². The number of amides is 1. The Balaban J connectivity index is 1.58. The summed E-state index contributed by atoms with van der Waals surface area (Å²) in [5.74, 6) is 1.34. The fraction of sp³-hybridized carbons (Fsp3) is 0.941. The second kappa shape index (κ2) is 4.95. The Labute approximate surface area is 127 Å². The number of rotatable bonds is 2. The number of likely N-dealkylation sites (tertiary alicyclic amines) is 1. The van der Waals surface area contributed by atoms with Gasteiger partial charge in [0.1, 0.15) is 5.72 Å². The maximum absolute atomic E-state index is 12.6. The Bertz CT molecular complexity index is 435. The Morgan fingerprint density at radius 2 is 2.10 bits per heavy atom. The van der Waals surface area contributed by atoms with Crippen LogP contribution in [0.3, 0.4) is 0 Å². The number of piperidine rings is 2. The number of hydrogen-bond donors (Lipinski definition) is 0. The minimum absolute atomic E-state index is 0.259. The molecule has 0 aromatic rings. The smallest absolute Gasteiger partial charge is 0.225 e. The van der Waals surface area contributed by atoms with E-state index in [-0.39, 0.29) is 11.8 Å². The molecule has 3 heterocycles. The third kappa shape index (κ3) is 1.98. The molecule has 2 unspecified atom stereocenters. The summed E-state index contributed by atoms with van der Waals surface area (Å²) in [6, 6.07) is 1.10. The van der Waals surface area contributed by atoms with E-state index in [0.29, 0.717) is 17.7 Å². The van der Waals surface area contributed by atoms with Gasteiger partial charge in [-0.1, -0.05) is 20.3 Å². The lowest BCUT2D eigenvalue weighted by molar-refractivity contribution is -0.196. The van der Waals surface area contributed by atoms with Crippen LogP contribution in [-0.4, -0.2) is 53.2 Å². The molecule has 0 N–H and O–H groups in total. The minimum atomic E-state index is -0.259. The Hall–Kier alpha value is -0.610. The van der Waals surface area contributed by atoms with Crippen LogP contribution >= 0.6 is 0 Å². The van der Waals surface area contributed by atoms with E-state index in [1.54, 1.807) is 0 Å². The van der Waals surface area contributed by atoms with Crippen LogP contribution in [0.2, 0.25) is 0 Å². The molecule has 4 rings (SSSR count). The van der Waals surface area contributed by atoms with Gasteiger partial charge < -0.3 is 9.64 Å². The topological polar surface area (TPSA) is 32.8 Å². The first kappa shape index (κ1) is 14.0. The average molecular weight is 292 g/mol. The van der Waals surface area contributed by atoms with Gasteiger partial charge in [0, 0.05) is 37.9 Å². The van der Waals surface area contributed by atoms with Crippen molar-refractivity contribution in [2.45, 2.75) is 70.2 Å². The van der Waals surface area contributed by atoms with Crippen LogP contribution in [0.15, 0.2) is 0 Å². The summed E-state index contributed by atoms with van der Waals surface area (Å²) in [4.78, 5) is 17.4. The van der Waals surface area contributed by atoms with E-state index in [2.05, 4.69) is 23.6 Å². The second-order valence-electron chi connectivity index (χ2n) is 7.80. The zero-order chi connectivity index (χ0) is 14.6. The molecule has 3 saturated heterocycles. The van der Waals surface area contributed by atoms with Gasteiger partial charge in [0.25, 0.3) is 0 Å². The zero-order valence-corrected chi connectivity index (χ0v) is 13.4. The highest BCUT2D eigenvalue weighted by atomic mass is 16.5. The normalized spacial score (nSPS) is 41.1. The third-order valence-corrected chi connectivity index (χ3v) is 6.43. The summed E-state index contributed by atoms with van der Waals surface area (Å²) in [5, 5.41) is 0. The van der Waals surface area contributed by atoms with E-state index in [4.69, 9.17) is 4.74 Å². The predicted molar refractivity (Wildman–Crippen MR) is 80.7 cm³/mol. The number of ether oxygens (including phenoxy) is 1. The van der Waals surface area contributed by atoms with E-state index in [1.807, 2.05) is 0 Å². The van der Waals surface area contributed by atoms with E-state index >= 15 is 0 Å². The molecule has 4 heteroatoms. The maximum atomic E-state index is 12.6. The van der Waals surface area contributed by atoms with Crippen LogP contribution in [0.1, 0.15) is 52.4 Å². The van der Waals surface area contributed by atoms with Gasteiger partial charge >= 0.3 is 0 Å². The van der Waals surface area contributed by atoms with Crippen LogP contribution in [0.25, 0.3) is 0 Å². The summed E-state index contributed by atoms with van der Waals surface area (Å²) in [7, 11) is 0. The van der Waals surface area contributed by atoms with Crippen molar-refractivity contribution in [1.29, 1.82) is 0 Å². The van der Waals surface area contributed by atoms with E-state index in [1.165, 1.54) is 19.3 Å². The standard InChI is InChI=1S/C17H28N2O2/c1-12(2)15-11-21-17-8-9-18(14-4-3-5-14)10-13(17)6-7-16(20)19(15)17/h12-15H,3-11H2,1-2H3/t13?,15-,17?/m0/s1. The molecule has 118 valence electrons. The summed E-state index contributed by atoms with van der Waals surface area (Å²) in [6.07, 6.45) is 6.90. The molecule has 1 aliphatic carbocycles. The molecule has 3 aliphatic heterocycles. The van der Waals surface area contributed by atoms with Crippen LogP contribution in [0.5, 0.6) is 0 Å². The van der Waals surface area contributed by atoms with Gasteiger partial charge in [0.2, 0.25) is 5.91 Å². The van der Waals surface area contributed by atoms with Gasteiger partial charge in [-0.3, -0.25) is 9.69 Å². The predicted octanol–water partition coefficient (Wildman–Crippen LogP) is 2.23. The van der Waals surface area contributed by atoms with Crippen molar-refractivity contribution in [3.63, 3.8) is 0 Å². The van der Waals surface area contributed by atoms with Crippen LogP contribution in [0, 0.1) is 11.8 Å². The van der Waals surface area contributed by atoms with Crippen LogP contribution in [-0.2, 0) is 9.53 Å². The molecular formula is C17H28N2O2. The van der Waals surface area contributed by atoms with E-state index in [9.17, 15) is 4.79 Å². The summed E-state index contributed by atoms with van der Waals surface area (Å²) < 4.78 is 6.35. The number of carbonyl (C=O) groups excluding carboxylic acids is 1. The summed E-state index contributed by atoms with van der Waals surface area (Å²) in [5.41, 5.74) is -0.259. The molecule has 21 heavy (non-hydrogen) atoms. The first-order valence-corrected chi connectivity index (χ1v) is 8.82. The zero-order valence-electron chi connectivity index (χ0n) is 13.4. The van der Waals surface area contributed by atoms with Crippen molar-refractivity contribution in [3.8, 4) is 0 Å². The van der Waals surface area contributed by atoms with Crippen LogP contribution < -0.4 is 0 Å². The number of nitrogens with zero attached hydrogens (tertiary/aromatic N) is 2. The minimum Gasteiger partial charge on any atom is -0.353 e. The molecule has 4 aliphatic rings. The lowest BCUT2D eigenvalue weighted by atomic mass is 9.77. The highest BCUT2D eigenvalue weighted by Crippen LogP contribution is 2.48. The van der Waals surface area contributed by atoms with E-state index < -0.39 is 0 Å². The molecule has 1 spiro atoms. The lowest BCUT2D eigenvalue weighted by Gasteiger charge is -2.55. The maximum Gasteiger partial charge on any atom is 0.225 e. The molecule has 0 aromatic carbocycles. The third-order valence-electron chi connectivity index (χ3n) is 6.43. The van der Waals surface area contributed by atoms with Gasteiger partial charge in [-0.15, -0.1) is 0 Å². The monoisotopic (exact) mass is 292 g/mol. The Morgan fingerprint density at radius 1 is 1.29 bits per heavy atom. The molecule has 3 atom stereocenters. The molecule has 0 bridgehead atoms. The van der Waals surface area contributed by atoms with Crippen molar-refractivity contribution >= 4 is 5.91 Å². The molecule has 0 radical (unpaired) electrons. The second-order valence-corrected chi connectivity index (χ2v) is 7.80. The molecular weight excluding hydrogens is 264 g/mol. The first-order chi connectivity index (χ1) is 10.1. The number of carbonyl (C=O) groups is 1. The Kier molecular flexibility index (Phi) is 3.30. The van der Waals surface area contributed by atoms with Crippen molar-refractivity contribution in [1.82, 2.24) is 9.80 Å². The van der Waals surface area contributed by atoms with Gasteiger partial charge in [-0.25, -0.2) is 0 Å². The first-order valence-electron chi connectivity index (χ1n) is 8.82. The van der Waals surface area contributed by atoms with Gasteiger partial charge in [0.05, 0.1) is 12.6 Å². The van der Waals surface area contributed by atoms with Gasteiger partial charge in [-0.2, -0.15) is 0 Å². The quantitative estimate of drug-likeness (QED) is 0.782. The summed E-state index contributed by atoms with van der Waals surface area (Å²) >= 11 is 0. The largest absolute Gasteiger partial charge is 0.353 e. The highest BCUT2D eigenvalue weighted by Gasteiger charge is 2.59. The van der Waals surface area contributed by atoms with Crippen molar-refractivity contribution < 1.29 is 9.53 Å². The average Bonchev–Trinajstić information content (AvgIpc) is 2.78. The molecule has 4 nitrogen and oxygen atoms in total. The number of hydrogen-bond acceptors (Lipinski definition) is 3. The summed E-state index contributed by atoms with van der Waals surface area (Å²) in [6.45, 7) is 7.42.